The van der Waals surface area contributed by atoms with Crippen molar-refractivity contribution >= 4 is 0 Å². The Balaban J connectivity index is 1.97. The molecule has 2 fully saturated rings. The average molecular weight is 238 g/mol. The zero-order valence-electron chi connectivity index (χ0n) is 12.1. The molecule has 2 bridgehead atoms. The van der Waals surface area contributed by atoms with Crippen molar-refractivity contribution < 1.29 is 0 Å². The first-order chi connectivity index (χ1) is 8.17. The van der Waals surface area contributed by atoms with Gasteiger partial charge >= 0.3 is 0 Å². The Morgan fingerprint density at radius 2 is 1.82 bits per heavy atom. The van der Waals surface area contributed by atoms with Gasteiger partial charge in [0.15, 0.2) is 0 Å². The van der Waals surface area contributed by atoms with Crippen LogP contribution in [-0.2, 0) is 0 Å². The van der Waals surface area contributed by atoms with Crippen molar-refractivity contribution in [3.05, 3.63) is 0 Å². The van der Waals surface area contributed by atoms with Crippen LogP contribution in [0, 0.1) is 11.8 Å². The average Bonchev–Trinajstić information content (AvgIpc) is 2.54. The number of hydrogen-bond acceptors (Lipinski definition) is 2. The lowest BCUT2D eigenvalue weighted by atomic mass is 9.79. The van der Waals surface area contributed by atoms with Gasteiger partial charge in [-0.05, 0) is 58.0 Å². The number of fused-ring (bicyclic) bond motifs is 2. The lowest BCUT2D eigenvalue weighted by Crippen LogP contribution is -2.48. The van der Waals surface area contributed by atoms with Crippen LogP contribution < -0.4 is 5.32 Å². The molecule has 0 aromatic rings. The molecule has 2 nitrogen and oxygen atoms in total. The van der Waals surface area contributed by atoms with Crippen LogP contribution in [0.1, 0.15) is 52.4 Å². The summed E-state index contributed by atoms with van der Waals surface area (Å²) in [5.74, 6) is 1.74. The van der Waals surface area contributed by atoms with Gasteiger partial charge in [0.25, 0.3) is 0 Å². The van der Waals surface area contributed by atoms with Gasteiger partial charge in [0.1, 0.15) is 0 Å². The summed E-state index contributed by atoms with van der Waals surface area (Å²) in [5.41, 5.74) is 0. The maximum Gasteiger partial charge on any atom is 0.0119 e. The number of rotatable bonds is 5. The molecule has 2 saturated heterocycles. The molecule has 0 saturated carbocycles. The van der Waals surface area contributed by atoms with E-state index in [4.69, 9.17) is 0 Å². The van der Waals surface area contributed by atoms with Gasteiger partial charge < -0.3 is 10.2 Å². The van der Waals surface area contributed by atoms with Crippen molar-refractivity contribution in [2.75, 3.05) is 14.1 Å². The zero-order valence-corrected chi connectivity index (χ0v) is 12.1. The van der Waals surface area contributed by atoms with Gasteiger partial charge in [0.2, 0.25) is 0 Å². The summed E-state index contributed by atoms with van der Waals surface area (Å²) in [7, 11) is 4.50. The van der Waals surface area contributed by atoms with Crippen molar-refractivity contribution in [1.29, 1.82) is 0 Å². The second-order valence-corrected chi connectivity index (χ2v) is 6.36. The van der Waals surface area contributed by atoms with E-state index in [9.17, 15) is 0 Å². The number of nitrogens with zero attached hydrogens (tertiary/aromatic N) is 1. The highest BCUT2D eigenvalue weighted by atomic mass is 15.2. The van der Waals surface area contributed by atoms with Crippen LogP contribution >= 0.6 is 0 Å². The number of piperidine rings is 1. The van der Waals surface area contributed by atoms with Crippen LogP contribution in [0.3, 0.4) is 0 Å². The van der Waals surface area contributed by atoms with Crippen LogP contribution in [0.15, 0.2) is 0 Å². The third-order valence-electron chi connectivity index (χ3n) is 5.33. The first kappa shape index (κ1) is 13.4. The Morgan fingerprint density at radius 3 is 2.29 bits per heavy atom. The summed E-state index contributed by atoms with van der Waals surface area (Å²) in [5, 5.41) is 3.62. The van der Waals surface area contributed by atoms with Crippen molar-refractivity contribution in [3.8, 4) is 0 Å². The molecule has 0 aliphatic carbocycles. The predicted octanol–water partition coefficient (Wildman–Crippen LogP) is 2.88. The van der Waals surface area contributed by atoms with E-state index in [0.29, 0.717) is 0 Å². The normalized spacial score (nSPS) is 37.1. The zero-order chi connectivity index (χ0) is 12.4. The topological polar surface area (TPSA) is 15.3 Å². The van der Waals surface area contributed by atoms with E-state index in [2.05, 4.69) is 38.2 Å². The molecule has 1 N–H and O–H groups in total. The van der Waals surface area contributed by atoms with Crippen molar-refractivity contribution in [2.24, 2.45) is 11.8 Å². The van der Waals surface area contributed by atoms with Gasteiger partial charge in [0.05, 0.1) is 0 Å². The van der Waals surface area contributed by atoms with Gasteiger partial charge in [-0.15, -0.1) is 0 Å². The first-order valence-corrected chi connectivity index (χ1v) is 7.56. The van der Waals surface area contributed by atoms with Gasteiger partial charge in [-0.25, -0.2) is 0 Å². The highest BCUT2D eigenvalue weighted by molar-refractivity contribution is 4.97. The lowest BCUT2D eigenvalue weighted by molar-refractivity contribution is 0.0985. The monoisotopic (exact) mass is 238 g/mol. The molecule has 0 aromatic heterocycles. The predicted molar refractivity (Wildman–Crippen MR) is 74.2 cm³/mol. The van der Waals surface area contributed by atoms with Crippen LogP contribution in [0.25, 0.3) is 0 Å². The highest BCUT2D eigenvalue weighted by Crippen LogP contribution is 2.40. The van der Waals surface area contributed by atoms with E-state index in [0.717, 1.165) is 30.0 Å². The molecule has 0 aromatic carbocycles. The minimum absolute atomic E-state index is 0.742. The molecular weight excluding hydrogens is 208 g/mol. The molecule has 0 amide bonds. The summed E-state index contributed by atoms with van der Waals surface area (Å²) in [6.07, 6.45) is 8.41. The Bertz CT molecular complexity index is 227. The quantitative estimate of drug-likeness (QED) is 0.792. The molecule has 100 valence electrons. The third kappa shape index (κ3) is 2.68. The van der Waals surface area contributed by atoms with Crippen molar-refractivity contribution in [3.63, 3.8) is 0 Å². The van der Waals surface area contributed by atoms with Crippen molar-refractivity contribution in [2.45, 2.75) is 70.5 Å². The van der Waals surface area contributed by atoms with E-state index >= 15 is 0 Å². The Kier molecular flexibility index (Phi) is 4.48. The maximum atomic E-state index is 3.62. The molecular formula is C15H30N2. The molecule has 0 spiro atoms. The van der Waals surface area contributed by atoms with Crippen LogP contribution in [0.4, 0.5) is 0 Å². The summed E-state index contributed by atoms with van der Waals surface area (Å²) < 4.78 is 0. The van der Waals surface area contributed by atoms with Gasteiger partial charge in [-0.1, -0.05) is 20.3 Å². The van der Waals surface area contributed by atoms with Gasteiger partial charge in [-0.3, -0.25) is 0 Å². The second-order valence-electron chi connectivity index (χ2n) is 6.36. The standard InChI is InChI=1S/C15H30N2/c1-5-6-11(2)15(16-3)12-9-13-7-8-14(10-12)17(13)4/h11-16H,5-10H2,1-4H3. The molecule has 2 heterocycles. The molecule has 4 unspecified atom stereocenters. The van der Waals surface area contributed by atoms with E-state index < -0.39 is 0 Å². The summed E-state index contributed by atoms with van der Waals surface area (Å²) in [6, 6.07) is 2.50. The fourth-order valence-corrected chi connectivity index (χ4v) is 4.37. The highest BCUT2D eigenvalue weighted by Gasteiger charge is 2.41. The molecule has 0 radical (unpaired) electrons. The Morgan fingerprint density at radius 1 is 1.24 bits per heavy atom. The molecule has 2 aliphatic rings. The molecule has 2 rings (SSSR count). The number of hydrogen-bond donors (Lipinski definition) is 1. The summed E-state index contributed by atoms with van der Waals surface area (Å²) in [4.78, 5) is 2.65. The Hall–Kier alpha value is -0.0800. The van der Waals surface area contributed by atoms with E-state index in [1.54, 1.807) is 0 Å². The summed E-state index contributed by atoms with van der Waals surface area (Å²) >= 11 is 0. The van der Waals surface area contributed by atoms with E-state index in [-0.39, 0.29) is 0 Å². The second kappa shape index (κ2) is 5.71. The smallest absolute Gasteiger partial charge is 0.0119 e. The van der Waals surface area contributed by atoms with E-state index in [1.165, 1.54) is 38.5 Å². The number of nitrogens with one attached hydrogen (secondary N) is 1. The maximum absolute atomic E-state index is 3.62. The lowest BCUT2D eigenvalue weighted by Gasteiger charge is -2.41. The van der Waals surface area contributed by atoms with Crippen LogP contribution in [0.2, 0.25) is 0 Å². The molecule has 2 aliphatic heterocycles. The Labute approximate surface area is 107 Å². The first-order valence-electron chi connectivity index (χ1n) is 7.56. The minimum Gasteiger partial charge on any atom is -0.316 e. The third-order valence-corrected chi connectivity index (χ3v) is 5.33. The summed E-state index contributed by atoms with van der Waals surface area (Å²) in [6.45, 7) is 4.74. The fraction of sp³-hybridized carbons (Fsp3) is 1.00. The van der Waals surface area contributed by atoms with E-state index in [1.807, 2.05) is 0 Å². The van der Waals surface area contributed by atoms with Crippen LogP contribution in [-0.4, -0.2) is 37.1 Å². The SMILES string of the molecule is CCCC(C)C(NC)C1CC2CCC(C1)N2C. The molecule has 4 atom stereocenters. The van der Waals surface area contributed by atoms with Crippen molar-refractivity contribution in [1.82, 2.24) is 10.2 Å². The molecule has 17 heavy (non-hydrogen) atoms. The fourth-order valence-electron chi connectivity index (χ4n) is 4.37. The minimum atomic E-state index is 0.742. The van der Waals surface area contributed by atoms with Crippen LogP contribution in [0.5, 0.6) is 0 Å². The molecule has 2 heteroatoms. The van der Waals surface area contributed by atoms with Gasteiger partial charge in [0, 0.05) is 18.1 Å². The van der Waals surface area contributed by atoms with Gasteiger partial charge in [-0.2, -0.15) is 0 Å². The largest absolute Gasteiger partial charge is 0.316 e.